The molecular formula is C14H18N2O2. The highest BCUT2D eigenvalue weighted by molar-refractivity contribution is 5.65. The van der Waals surface area contributed by atoms with Gasteiger partial charge >= 0.3 is 0 Å². The average molecular weight is 246 g/mol. The molecule has 0 amide bonds. The number of nitrogens with zero attached hydrogens (tertiary/aromatic N) is 1. The van der Waals surface area contributed by atoms with E-state index in [1.807, 2.05) is 13.0 Å². The molecule has 0 aliphatic rings. The van der Waals surface area contributed by atoms with Crippen LogP contribution in [0.3, 0.4) is 0 Å². The van der Waals surface area contributed by atoms with E-state index >= 15 is 0 Å². The molecule has 0 saturated heterocycles. The number of aryl methyl sites for hydroxylation is 1. The van der Waals surface area contributed by atoms with Gasteiger partial charge in [0.25, 0.3) is 0 Å². The second-order valence-electron chi connectivity index (χ2n) is 4.69. The normalized spacial score (nSPS) is 10.9. The first-order chi connectivity index (χ1) is 8.52. The number of methoxy groups -OCH3 is 1. The van der Waals surface area contributed by atoms with E-state index in [4.69, 9.17) is 15.0 Å². The van der Waals surface area contributed by atoms with Gasteiger partial charge in [0.15, 0.2) is 11.6 Å². The number of hydrogen-bond donors (Lipinski definition) is 1. The number of rotatable bonds is 3. The van der Waals surface area contributed by atoms with E-state index < -0.39 is 0 Å². The molecule has 0 saturated carbocycles. The van der Waals surface area contributed by atoms with Crippen molar-refractivity contribution in [1.29, 1.82) is 0 Å². The second-order valence-corrected chi connectivity index (χ2v) is 4.69. The molecule has 2 aromatic rings. The highest BCUT2D eigenvalue weighted by Gasteiger charge is 2.14. The maximum atomic E-state index is 5.58. The van der Waals surface area contributed by atoms with E-state index in [1.165, 1.54) is 0 Å². The van der Waals surface area contributed by atoms with E-state index in [2.05, 4.69) is 25.1 Å². The summed E-state index contributed by atoms with van der Waals surface area (Å²) in [5.41, 5.74) is 8.78. The molecule has 0 aliphatic carbocycles. The predicted octanol–water partition coefficient (Wildman–Crippen LogP) is 3.36. The SMILES string of the molecule is COc1c(C)cc(-c2cc(N)no2)cc1C(C)C. The van der Waals surface area contributed by atoms with Crippen LogP contribution < -0.4 is 10.5 Å². The average Bonchev–Trinajstić information content (AvgIpc) is 2.74. The van der Waals surface area contributed by atoms with Crippen LogP contribution in [0.25, 0.3) is 11.3 Å². The molecule has 1 heterocycles. The summed E-state index contributed by atoms with van der Waals surface area (Å²) in [6.07, 6.45) is 0. The molecule has 0 fully saturated rings. The second kappa shape index (κ2) is 4.72. The zero-order valence-corrected chi connectivity index (χ0v) is 11.2. The molecule has 2 rings (SSSR count). The van der Waals surface area contributed by atoms with Gasteiger partial charge in [0.1, 0.15) is 5.75 Å². The lowest BCUT2D eigenvalue weighted by Gasteiger charge is -2.15. The summed E-state index contributed by atoms with van der Waals surface area (Å²) in [7, 11) is 1.69. The number of anilines is 1. The van der Waals surface area contributed by atoms with Gasteiger partial charge < -0.3 is 15.0 Å². The van der Waals surface area contributed by atoms with Crippen molar-refractivity contribution in [3.05, 3.63) is 29.3 Å². The van der Waals surface area contributed by atoms with E-state index in [0.29, 0.717) is 17.5 Å². The number of nitrogen functional groups attached to an aromatic ring is 1. The van der Waals surface area contributed by atoms with Gasteiger partial charge in [-0.1, -0.05) is 19.0 Å². The summed E-state index contributed by atoms with van der Waals surface area (Å²) in [6.45, 7) is 6.29. The summed E-state index contributed by atoms with van der Waals surface area (Å²) < 4.78 is 10.7. The van der Waals surface area contributed by atoms with Crippen molar-refractivity contribution >= 4 is 5.82 Å². The van der Waals surface area contributed by atoms with E-state index in [1.54, 1.807) is 13.2 Å². The predicted molar refractivity (Wildman–Crippen MR) is 71.7 cm³/mol. The van der Waals surface area contributed by atoms with Crippen LogP contribution in [0.15, 0.2) is 22.7 Å². The smallest absolute Gasteiger partial charge is 0.169 e. The molecule has 0 bridgehead atoms. The van der Waals surface area contributed by atoms with Gasteiger partial charge in [-0.15, -0.1) is 0 Å². The molecule has 0 atom stereocenters. The summed E-state index contributed by atoms with van der Waals surface area (Å²) in [4.78, 5) is 0. The third-order valence-corrected chi connectivity index (χ3v) is 2.94. The van der Waals surface area contributed by atoms with Crippen LogP contribution in [0, 0.1) is 6.92 Å². The third kappa shape index (κ3) is 2.18. The van der Waals surface area contributed by atoms with Crippen molar-refractivity contribution in [1.82, 2.24) is 5.16 Å². The van der Waals surface area contributed by atoms with Gasteiger partial charge in [-0.3, -0.25) is 0 Å². The van der Waals surface area contributed by atoms with Gasteiger partial charge in [-0.2, -0.15) is 0 Å². The Morgan fingerprint density at radius 2 is 2.00 bits per heavy atom. The first-order valence-corrected chi connectivity index (χ1v) is 5.94. The monoisotopic (exact) mass is 246 g/mol. The molecule has 0 aliphatic heterocycles. The molecule has 2 N–H and O–H groups in total. The van der Waals surface area contributed by atoms with Gasteiger partial charge in [0, 0.05) is 11.6 Å². The lowest BCUT2D eigenvalue weighted by atomic mass is 9.95. The van der Waals surface area contributed by atoms with Gasteiger partial charge in [0.2, 0.25) is 0 Å². The lowest BCUT2D eigenvalue weighted by Crippen LogP contribution is -1.97. The summed E-state index contributed by atoms with van der Waals surface area (Å²) >= 11 is 0. The van der Waals surface area contributed by atoms with Crippen LogP contribution in [0.5, 0.6) is 5.75 Å². The third-order valence-electron chi connectivity index (χ3n) is 2.94. The molecule has 4 nitrogen and oxygen atoms in total. The van der Waals surface area contributed by atoms with Crippen molar-refractivity contribution in [2.75, 3.05) is 12.8 Å². The number of aromatic nitrogens is 1. The number of ether oxygens (including phenoxy) is 1. The van der Waals surface area contributed by atoms with E-state index in [9.17, 15) is 0 Å². The fraction of sp³-hybridized carbons (Fsp3) is 0.357. The first-order valence-electron chi connectivity index (χ1n) is 5.94. The first kappa shape index (κ1) is 12.5. The van der Waals surface area contributed by atoms with Gasteiger partial charge in [-0.25, -0.2) is 0 Å². The summed E-state index contributed by atoms with van der Waals surface area (Å²) in [5, 5.41) is 3.71. The molecule has 1 aromatic heterocycles. The minimum atomic E-state index is 0.374. The highest BCUT2D eigenvalue weighted by Crippen LogP contribution is 2.35. The standard InChI is InChI=1S/C14H18N2O2/c1-8(2)11-6-10(5-9(3)14(11)17-4)12-7-13(15)16-18-12/h5-8H,1-4H3,(H2,15,16). The topological polar surface area (TPSA) is 61.3 Å². The fourth-order valence-corrected chi connectivity index (χ4v) is 2.08. The minimum absolute atomic E-state index is 0.374. The quantitative estimate of drug-likeness (QED) is 0.902. The van der Waals surface area contributed by atoms with Gasteiger partial charge in [-0.05, 0) is 36.1 Å². The Morgan fingerprint density at radius 3 is 2.50 bits per heavy atom. The Bertz CT molecular complexity index is 559. The lowest BCUT2D eigenvalue weighted by molar-refractivity contribution is 0.404. The zero-order valence-electron chi connectivity index (χ0n) is 11.2. The Morgan fingerprint density at radius 1 is 1.28 bits per heavy atom. The number of hydrogen-bond acceptors (Lipinski definition) is 4. The molecule has 18 heavy (non-hydrogen) atoms. The van der Waals surface area contributed by atoms with E-state index in [0.717, 1.165) is 22.4 Å². The molecule has 1 aromatic carbocycles. The van der Waals surface area contributed by atoms with Crippen LogP contribution in [0.2, 0.25) is 0 Å². The highest BCUT2D eigenvalue weighted by atomic mass is 16.5. The van der Waals surface area contributed by atoms with Crippen LogP contribution in [-0.4, -0.2) is 12.3 Å². The number of benzene rings is 1. The molecule has 96 valence electrons. The van der Waals surface area contributed by atoms with Crippen molar-refractivity contribution in [3.63, 3.8) is 0 Å². The summed E-state index contributed by atoms with van der Waals surface area (Å²) in [5.74, 6) is 2.38. The van der Waals surface area contributed by atoms with Crippen molar-refractivity contribution < 1.29 is 9.26 Å². The molecule has 0 unspecified atom stereocenters. The number of nitrogens with two attached hydrogens (primary N) is 1. The Labute approximate surface area is 107 Å². The Balaban J connectivity index is 2.57. The minimum Gasteiger partial charge on any atom is -0.496 e. The summed E-state index contributed by atoms with van der Waals surface area (Å²) in [6, 6.07) is 5.81. The Hall–Kier alpha value is -1.97. The van der Waals surface area contributed by atoms with Crippen LogP contribution in [0.1, 0.15) is 30.9 Å². The largest absolute Gasteiger partial charge is 0.496 e. The molecular weight excluding hydrogens is 228 g/mol. The molecule has 4 heteroatoms. The van der Waals surface area contributed by atoms with Crippen molar-refractivity contribution in [2.24, 2.45) is 0 Å². The molecule has 0 spiro atoms. The maximum Gasteiger partial charge on any atom is 0.169 e. The van der Waals surface area contributed by atoms with Crippen LogP contribution in [0.4, 0.5) is 5.82 Å². The maximum absolute atomic E-state index is 5.58. The van der Waals surface area contributed by atoms with Gasteiger partial charge in [0.05, 0.1) is 7.11 Å². The fourth-order valence-electron chi connectivity index (χ4n) is 2.08. The van der Waals surface area contributed by atoms with Crippen LogP contribution in [-0.2, 0) is 0 Å². The zero-order chi connectivity index (χ0) is 13.3. The van der Waals surface area contributed by atoms with E-state index in [-0.39, 0.29) is 0 Å². The van der Waals surface area contributed by atoms with Crippen molar-refractivity contribution in [2.45, 2.75) is 26.7 Å². The molecule has 0 radical (unpaired) electrons. The Kier molecular flexibility index (Phi) is 3.28. The van der Waals surface area contributed by atoms with Crippen molar-refractivity contribution in [3.8, 4) is 17.1 Å². The van der Waals surface area contributed by atoms with Crippen LogP contribution >= 0.6 is 0 Å².